The Morgan fingerprint density at radius 1 is 1.44 bits per heavy atom. The molecule has 1 atom stereocenters. The van der Waals surface area contributed by atoms with Crippen LogP contribution in [0.1, 0.15) is 37.8 Å². The first-order chi connectivity index (χ1) is 8.39. The van der Waals surface area contributed by atoms with Crippen molar-refractivity contribution in [1.29, 1.82) is 0 Å². The molecule has 6 nitrogen and oxygen atoms in total. The Balaban J connectivity index is 2.39. The number of primary amides is 1. The topological polar surface area (TPSA) is 85.8 Å². The van der Waals surface area contributed by atoms with Gasteiger partial charge in [-0.1, -0.05) is 0 Å². The van der Waals surface area contributed by atoms with E-state index in [4.69, 9.17) is 5.73 Å². The Kier molecular flexibility index (Phi) is 4.84. The van der Waals surface area contributed by atoms with Crippen LogP contribution >= 0.6 is 0 Å². The Hall–Kier alpha value is -1.43. The molecule has 0 radical (unpaired) electrons. The molecule has 102 valence electrons. The molecule has 6 heteroatoms. The summed E-state index contributed by atoms with van der Waals surface area (Å²) in [4.78, 5) is 15.6. The number of nitrogens with two attached hydrogens (primary N) is 1. The molecule has 0 saturated heterocycles. The van der Waals surface area contributed by atoms with E-state index in [0.717, 1.165) is 37.5 Å². The lowest BCUT2D eigenvalue weighted by Crippen LogP contribution is -2.51. The molecule has 1 heterocycles. The summed E-state index contributed by atoms with van der Waals surface area (Å²) in [5.41, 5.74) is 4.76. The molecule has 0 saturated carbocycles. The Labute approximate surface area is 108 Å². The van der Waals surface area contributed by atoms with Gasteiger partial charge in [-0.3, -0.25) is 9.48 Å². The lowest BCUT2D eigenvalue weighted by molar-refractivity contribution is -0.123. The number of aromatic nitrogens is 3. The number of aryl methyl sites for hydroxylation is 3. The van der Waals surface area contributed by atoms with Crippen LogP contribution in [0.5, 0.6) is 0 Å². The van der Waals surface area contributed by atoms with Crippen molar-refractivity contribution in [3.8, 4) is 0 Å². The van der Waals surface area contributed by atoms with Gasteiger partial charge in [0.15, 0.2) is 0 Å². The first-order valence-electron chi connectivity index (χ1n) is 6.26. The molecule has 3 N–H and O–H groups in total. The van der Waals surface area contributed by atoms with E-state index in [-0.39, 0.29) is 5.91 Å². The minimum atomic E-state index is -0.618. The van der Waals surface area contributed by atoms with Gasteiger partial charge in [-0.25, -0.2) is 4.98 Å². The number of amides is 1. The van der Waals surface area contributed by atoms with Gasteiger partial charge in [0.05, 0.1) is 5.54 Å². The van der Waals surface area contributed by atoms with E-state index in [9.17, 15) is 4.79 Å². The maximum Gasteiger partial charge on any atom is 0.237 e. The lowest BCUT2D eigenvalue weighted by atomic mass is 9.94. The normalized spacial score (nSPS) is 14.4. The van der Waals surface area contributed by atoms with Gasteiger partial charge in [-0.05, 0) is 47.1 Å². The van der Waals surface area contributed by atoms with E-state index in [2.05, 4.69) is 15.4 Å². The largest absolute Gasteiger partial charge is 0.368 e. The Bertz CT molecular complexity index is 415. The number of unbranched alkanes of at least 4 members (excludes halogenated alkanes) is 1. The van der Waals surface area contributed by atoms with Gasteiger partial charge in [-0.15, -0.1) is 0 Å². The third kappa shape index (κ3) is 3.53. The maximum absolute atomic E-state index is 11.3. The van der Waals surface area contributed by atoms with Crippen molar-refractivity contribution < 1.29 is 4.79 Å². The molecule has 0 spiro atoms. The van der Waals surface area contributed by atoms with Crippen molar-refractivity contribution in [2.45, 2.75) is 52.1 Å². The van der Waals surface area contributed by atoms with Crippen molar-refractivity contribution in [2.75, 3.05) is 7.05 Å². The third-order valence-electron chi connectivity index (χ3n) is 3.35. The second-order valence-electron chi connectivity index (χ2n) is 4.83. The zero-order valence-electron chi connectivity index (χ0n) is 11.7. The van der Waals surface area contributed by atoms with Crippen molar-refractivity contribution >= 4 is 5.91 Å². The molecule has 1 amide bonds. The van der Waals surface area contributed by atoms with Crippen LogP contribution in [0.15, 0.2) is 0 Å². The van der Waals surface area contributed by atoms with Crippen LogP contribution in [-0.2, 0) is 11.3 Å². The summed E-state index contributed by atoms with van der Waals surface area (Å²) in [5, 5.41) is 7.28. The highest BCUT2D eigenvalue weighted by Gasteiger charge is 2.27. The highest BCUT2D eigenvalue weighted by atomic mass is 16.1. The molecule has 0 bridgehead atoms. The number of rotatable bonds is 7. The molecular formula is C12H23N5O. The fraction of sp³-hybridized carbons (Fsp3) is 0.750. The molecule has 1 unspecified atom stereocenters. The number of carbonyl (C=O) groups is 1. The van der Waals surface area contributed by atoms with Gasteiger partial charge in [0.1, 0.15) is 11.6 Å². The fourth-order valence-corrected chi connectivity index (χ4v) is 1.88. The van der Waals surface area contributed by atoms with Crippen LogP contribution in [0, 0.1) is 13.8 Å². The first-order valence-corrected chi connectivity index (χ1v) is 6.26. The van der Waals surface area contributed by atoms with E-state index >= 15 is 0 Å². The molecule has 0 aliphatic rings. The quantitative estimate of drug-likeness (QED) is 0.694. The standard InChI is InChI=1S/C12H23N5O/c1-9-15-10(2)17(16-9)8-6-5-7-12(3,14-4)11(13)18/h14H,5-8H2,1-4H3,(H2,13,18). The van der Waals surface area contributed by atoms with Gasteiger partial charge >= 0.3 is 0 Å². The molecule has 0 aliphatic carbocycles. The van der Waals surface area contributed by atoms with Gasteiger partial charge in [-0.2, -0.15) is 5.10 Å². The van der Waals surface area contributed by atoms with Crippen LogP contribution in [0.2, 0.25) is 0 Å². The smallest absolute Gasteiger partial charge is 0.237 e. The predicted octanol–water partition coefficient (Wildman–Crippen LogP) is 0.529. The van der Waals surface area contributed by atoms with Crippen LogP contribution in [-0.4, -0.2) is 33.3 Å². The lowest BCUT2D eigenvalue weighted by Gasteiger charge is -2.25. The molecule has 0 fully saturated rings. The average Bonchev–Trinajstić information content (AvgIpc) is 2.63. The SMILES string of the molecule is CNC(C)(CCCCn1nc(C)nc1C)C(N)=O. The van der Waals surface area contributed by atoms with Crippen LogP contribution in [0.25, 0.3) is 0 Å². The summed E-state index contributed by atoms with van der Waals surface area (Å²) in [7, 11) is 1.76. The minimum absolute atomic E-state index is 0.308. The van der Waals surface area contributed by atoms with E-state index in [1.54, 1.807) is 7.05 Å². The number of nitrogens with one attached hydrogen (secondary N) is 1. The highest BCUT2D eigenvalue weighted by molar-refractivity contribution is 5.84. The van der Waals surface area contributed by atoms with Crippen LogP contribution in [0.3, 0.4) is 0 Å². The summed E-state index contributed by atoms with van der Waals surface area (Å²) in [5.74, 6) is 1.42. The Morgan fingerprint density at radius 3 is 2.56 bits per heavy atom. The second kappa shape index (κ2) is 5.95. The van der Waals surface area contributed by atoms with E-state index in [1.807, 2.05) is 25.5 Å². The predicted molar refractivity (Wildman–Crippen MR) is 70.0 cm³/mol. The van der Waals surface area contributed by atoms with E-state index in [0.29, 0.717) is 0 Å². The molecule has 0 aromatic carbocycles. The summed E-state index contributed by atoms with van der Waals surface area (Å²) in [6.07, 6.45) is 2.60. The third-order valence-corrected chi connectivity index (χ3v) is 3.35. The number of carbonyl (C=O) groups excluding carboxylic acids is 1. The van der Waals surface area contributed by atoms with Gasteiger partial charge in [0.2, 0.25) is 5.91 Å². The van der Waals surface area contributed by atoms with Crippen molar-refractivity contribution in [1.82, 2.24) is 20.1 Å². The number of likely N-dealkylation sites (N-methyl/N-ethyl adjacent to an activating group) is 1. The van der Waals surface area contributed by atoms with Crippen LogP contribution in [0.4, 0.5) is 0 Å². The van der Waals surface area contributed by atoms with Crippen molar-refractivity contribution in [3.63, 3.8) is 0 Å². The van der Waals surface area contributed by atoms with Gasteiger partial charge in [0.25, 0.3) is 0 Å². The van der Waals surface area contributed by atoms with E-state index in [1.165, 1.54) is 0 Å². The summed E-state index contributed by atoms with van der Waals surface area (Å²) < 4.78 is 1.90. The van der Waals surface area contributed by atoms with Crippen molar-refractivity contribution in [3.05, 3.63) is 11.6 Å². The second-order valence-corrected chi connectivity index (χ2v) is 4.83. The van der Waals surface area contributed by atoms with Gasteiger partial charge in [0, 0.05) is 6.54 Å². The summed E-state index contributed by atoms with van der Waals surface area (Å²) in [6, 6.07) is 0. The van der Waals surface area contributed by atoms with Crippen molar-refractivity contribution in [2.24, 2.45) is 5.73 Å². The Morgan fingerprint density at radius 2 is 2.11 bits per heavy atom. The minimum Gasteiger partial charge on any atom is -0.368 e. The molecule has 18 heavy (non-hydrogen) atoms. The molecular weight excluding hydrogens is 230 g/mol. The number of nitrogens with zero attached hydrogens (tertiary/aromatic N) is 3. The number of hydrogen-bond donors (Lipinski definition) is 2. The highest BCUT2D eigenvalue weighted by Crippen LogP contribution is 2.13. The van der Waals surface area contributed by atoms with Gasteiger partial charge < -0.3 is 11.1 Å². The number of hydrogen-bond acceptors (Lipinski definition) is 4. The average molecular weight is 253 g/mol. The monoisotopic (exact) mass is 253 g/mol. The molecule has 1 rings (SSSR count). The molecule has 1 aromatic rings. The zero-order valence-corrected chi connectivity index (χ0v) is 11.7. The zero-order chi connectivity index (χ0) is 13.8. The molecule has 1 aromatic heterocycles. The fourth-order valence-electron chi connectivity index (χ4n) is 1.88. The first kappa shape index (κ1) is 14.6. The van der Waals surface area contributed by atoms with Crippen LogP contribution < -0.4 is 11.1 Å². The summed E-state index contributed by atoms with van der Waals surface area (Å²) in [6.45, 7) is 6.49. The maximum atomic E-state index is 11.3. The summed E-state index contributed by atoms with van der Waals surface area (Å²) >= 11 is 0. The van der Waals surface area contributed by atoms with E-state index < -0.39 is 5.54 Å². The molecule has 0 aliphatic heterocycles.